The molecule has 2 aliphatic rings. The highest BCUT2D eigenvalue weighted by molar-refractivity contribution is 7.52. The summed E-state index contributed by atoms with van der Waals surface area (Å²) in [6.07, 6.45) is 6.67. The first-order valence-corrected chi connectivity index (χ1v) is 15.7. The second kappa shape index (κ2) is 10.5. The molecule has 2 aromatic rings. The maximum Gasteiger partial charge on any atom is 0.325 e. The lowest BCUT2D eigenvalue weighted by Crippen LogP contribution is -2.34. The number of methoxy groups -OCH3 is 2. The van der Waals surface area contributed by atoms with E-state index in [9.17, 15) is 28.7 Å². The third-order valence-corrected chi connectivity index (χ3v) is 8.61. The van der Waals surface area contributed by atoms with Crippen LogP contribution >= 0.6 is 15.2 Å². The Kier molecular flexibility index (Phi) is 7.88. The van der Waals surface area contributed by atoms with Gasteiger partial charge >= 0.3 is 15.2 Å². The van der Waals surface area contributed by atoms with Crippen molar-refractivity contribution in [2.75, 3.05) is 31.4 Å². The van der Waals surface area contributed by atoms with Crippen molar-refractivity contribution in [2.24, 2.45) is 5.41 Å². The van der Waals surface area contributed by atoms with E-state index in [-0.39, 0.29) is 18.9 Å². The second-order valence-electron chi connectivity index (χ2n) is 9.72. The predicted octanol–water partition coefficient (Wildman–Crippen LogP) is 5.18. The summed E-state index contributed by atoms with van der Waals surface area (Å²) in [5.41, 5.74) is 2.38. The lowest BCUT2D eigenvalue weighted by Gasteiger charge is -2.40. The Labute approximate surface area is 221 Å². The topological polar surface area (TPSA) is 146 Å². The van der Waals surface area contributed by atoms with Crippen molar-refractivity contribution in [3.05, 3.63) is 59.7 Å². The Balaban J connectivity index is 1.79. The molecule has 0 aromatic heterocycles. The van der Waals surface area contributed by atoms with Gasteiger partial charge in [0.05, 0.1) is 44.0 Å². The molecular weight excluding hydrogens is 532 g/mol. The Hall–Kier alpha value is -2.58. The van der Waals surface area contributed by atoms with Crippen LogP contribution in [0.5, 0.6) is 23.0 Å². The number of rotatable bonds is 9. The van der Waals surface area contributed by atoms with Crippen LogP contribution in [0.15, 0.2) is 48.6 Å². The van der Waals surface area contributed by atoms with Crippen LogP contribution in [0.1, 0.15) is 24.0 Å². The average Bonchev–Trinajstić information content (AvgIpc) is 2.85. The van der Waals surface area contributed by atoms with E-state index < -0.39 is 32.9 Å². The number of hydrogen-bond acceptors (Lipinski definition) is 6. The molecule has 206 valence electrons. The smallest absolute Gasteiger partial charge is 0.325 e. The fourth-order valence-corrected chi connectivity index (χ4v) is 6.39. The van der Waals surface area contributed by atoms with Gasteiger partial charge in [0, 0.05) is 5.41 Å². The normalized spacial score (nSPS) is 16.6. The minimum atomic E-state index is -4.31. The number of hydrogen-bond donors (Lipinski definition) is 4. The molecule has 0 unspecified atom stereocenters. The third kappa shape index (κ3) is 5.86. The molecule has 38 heavy (non-hydrogen) atoms. The van der Waals surface area contributed by atoms with Crippen molar-refractivity contribution in [3.8, 4) is 23.0 Å². The van der Waals surface area contributed by atoms with Crippen LogP contribution in [0.3, 0.4) is 0 Å². The van der Waals surface area contributed by atoms with E-state index in [1.807, 2.05) is 50.3 Å². The molecule has 12 heteroatoms. The number of benzene rings is 2. The van der Waals surface area contributed by atoms with Gasteiger partial charge in [0.2, 0.25) is 0 Å². The fourth-order valence-electron chi connectivity index (χ4n) is 4.98. The molecule has 2 aromatic carbocycles. The van der Waals surface area contributed by atoms with Gasteiger partial charge in [-0.05, 0) is 49.9 Å². The summed E-state index contributed by atoms with van der Waals surface area (Å²) in [6, 6.07) is 7.41. The van der Waals surface area contributed by atoms with Gasteiger partial charge in [0.15, 0.2) is 23.0 Å². The molecule has 0 amide bonds. The molecule has 4 rings (SSSR count). The Bertz CT molecular complexity index is 1270. The van der Waals surface area contributed by atoms with Crippen LogP contribution in [0, 0.1) is 19.3 Å². The number of nitrogens with zero attached hydrogens (tertiary/aromatic N) is 1. The highest BCUT2D eigenvalue weighted by Crippen LogP contribution is 2.57. The van der Waals surface area contributed by atoms with E-state index in [0.29, 0.717) is 23.0 Å². The van der Waals surface area contributed by atoms with Gasteiger partial charge in [-0.1, -0.05) is 36.4 Å². The number of allylic oxidation sites excluding steroid dienone is 2. The lowest BCUT2D eigenvalue weighted by molar-refractivity contribution is 0.346. The summed E-state index contributed by atoms with van der Waals surface area (Å²) in [4.78, 5) is 39.9. The monoisotopic (exact) mass is 565 g/mol. The van der Waals surface area contributed by atoms with Gasteiger partial charge in [0.25, 0.3) is 0 Å². The van der Waals surface area contributed by atoms with Gasteiger partial charge in [-0.15, -0.1) is 0 Å². The quantitative estimate of drug-likeness (QED) is 0.237. The van der Waals surface area contributed by atoms with Crippen molar-refractivity contribution in [1.29, 1.82) is 0 Å². The number of fused-ring (bicyclic) bond motifs is 2. The van der Waals surface area contributed by atoms with Crippen LogP contribution in [0.4, 0.5) is 11.4 Å². The van der Waals surface area contributed by atoms with Crippen LogP contribution in [-0.2, 0) is 9.13 Å². The van der Waals surface area contributed by atoms with Gasteiger partial charge in [-0.2, -0.15) is 0 Å². The van der Waals surface area contributed by atoms with E-state index in [0.717, 1.165) is 22.5 Å². The van der Waals surface area contributed by atoms with Crippen LogP contribution in [-0.4, -0.2) is 52.2 Å². The molecule has 0 atom stereocenters. The summed E-state index contributed by atoms with van der Waals surface area (Å²) < 4.78 is 41.0. The summed E-state index contributed by atoms with van der Waals surface area (Å²) >= 11 is 0. The van der Waals surface area contributed by atoms with Crippen molar-refractivity contribution in [3.63, 3.8) is 0 Å². The molecule has 1 heterocycles. The first kappa shape index (κ1) is 28.4. The van der Waals surface area contributed by atoms with E-state index >= 15 is 0 Å². The number of anilines is 2. The van der Waals surface area contributed by atoms with E-state index in [2.05, 4.69) is 4.90 Å². The van der Waals surface area contributed by atoms with Gasteiger partial charge < -0.3 is 38.7 Å². The molecule has 0 saturated heterocycles. The zero-order chi connectivity index (χ0) is 27.9. The predicted molar refractivity (Wildman–Crippen MR) is 145 cm³/mol. The molecule has 10 nitrogen and oxygen atoms in total. The molecule has 0 fully saturated rings. The minimum absolute atomic E-state index is 0.0489. The lowest BCUT2D eigenvalue weighted by atomic mass is 9.78. The molecule has 1 aliphatic carbocycles. The Morgan fingerprint density at radius 3 is 1.61 bits per heavy atom. The van der Waals surface area contributed by atoms with Crippen molar-refractivity contribution >= 4 is 26.6 Å². The molecule has 0 radical (unpaired) electrons. The van der Waals surface area contributed by atoms with Gasteiger partial charge in [0.1, 0.15) is 0 Å². The Morgan fingerprint density at radius 1 is 0.816 bits per heavy atom. The SMILES string of the molecule is COc1c(C)ccc2c1Oc1c(ccc(C)c1OC)N2C1C=CC(CCP(=O)(O)O)(CCP(=O)(O)O)C=C1. The minimum Gasteiger partial charge on any atom is -0.492 e. The molecule has 0 bridgehead atoms. The van der Waals surface area contributed by atoms with Crippen LogP contribution in [0.25, 0.3) is 0 Å². The zero-order valence-electron chi connectivity index (χ0n) is 21.7. The molecule has 1 aliphatic heterocycles. The van der Waals surface area contributed by atoms with Gasteiger partial charge in [-0.3, -0.25) is 9.13 Å². The Morgan fingerprint density at radius 2 is 1.24 bits per heavy atom. The van der Waals surface area contributed by atoms with Crippen molar-refractivity contribution < 1.29 is 42.9 Å². The maximum atomic E-state index is 11.6. The van der Waals surface area contributed by atoms with Crippen molar-refractivity contribution in [1.82, 2.24) is 0 Å². The fraction of sp³-hybridized carbons (Fsp3) is 0.385. The standard InChI is InChI=1S/C26H33NO9P2/c1-17-5-7-20-24(22(17)34-3)36-25-21(8-6-18(2)23(25)35-4)27(20)19-9-11-26(12-10-19,13-15-37(28,29)30)14-16-38(31,32)33/h5-12,19H,13-16H2,1-4H3,(H2,28,29,30)(H2,31,32,33). The highest BCUT2D eigenvalue weighted by Gasteiger charge is 2.37. The summed E-state index contributed by atoms with van der Waals surface area (Å²) in [6.45, 7) is 3.85. The zero-order valence-corrected chi connectivity index (χ0v) is 23.5. The molecule has 4 N–H and O–H groups in total. The maximum absolute atomic E-state index is 11.6. The van der Waals surface area contributed by atoms with E-state index in [1.165, 1.54) is 0 Å². The summed E-state index contributed by atoms with van der Waals surface area (Å²) in [7, 11) is -5.47. The van der Waals surface area contributed by atoms with Crippen LogP contribution < -0.4 is 19.1 Å². The highest BCUT2D eigenvalue weighted by atomic mass is 31.2. The third-order valence-electron chi connectivity index (χ3n) is 6.99. The summed E-state index contributed by atoms with van der Waals surface area (Å²) in [5, 5.41) is 0. The van der Waals surface area contributed by atoms with Crippen LogP contribution in [0.2, 0.25) is 0 Å². The van der Waals surface area contributed by atoms with Crippen molar-refractivity contribution in [2.45, 2.75) is 32.7 Å². The van der Waals surface area contributed by atoms with E-state index in [4.69, 9.17) is 14.2 Å². The van der Waals surface area contributed by atoms with Gasteiger partial charge in [-0.25, -0.2) is 0 Å². The second-order valence-corrected chi connectivity index (χ2v) is 13.3. The summed E-state index contributed by atoms with van der Waals surface area (Å²) in [5.74, 6) is 2.24. The average molecular weight is 565 g/mol. The molecular formula is C26H33NO9P2. The van der Waals surface area contributed by atoms with E-state index in [1.54, 1.807) is 26.4 Å². The molecule has 0 spiro atoms. The largest absolute Gasteiger partial charge is 0.492 e. The first-order chi connectivity index (χ1) is 17.8. The number of aryl methyl sites for hydroxylation is 2. The number of ether oxygens (including phenoxy) is 3. The molecule has 0 saturated carbocycles. The first-order valence-electron chi connectivity index (χ1n) is 12.1.